The van der Waals surface area contributed by atoms with Crippen LogP contribution in [-0.4, -0.2) is 36.5 Å². The predicted octanol–water partition coefficient (Wildman–Crippen LogP) is 2.32. The molecule has 3 heteroatoms. The highest BCUT2D eigenvalue weighted by molar-refractivity contribution is 4.84. The predicted molar refractivity (Wildman–Crippen MR) is 75.6 cm³/mol. The van der Waals surface area contributed by atoms with Crippen molar-refractivity contribution in [1.29, 1.82) is 0 Å². The highest BCUT2D eigenvalue weighted by Gasteiger charge is 2.30. The smallest absolute Gasteiger partial charge is 0.0499 e. The average molecular weight is 257 g/mol. The maximum Gasteiger partial charge on any atom is 0.0499 e. The van der Waals surface area contributed by atoms with Gasteiger partial charge in [-0.25, -0.2) is 0 Å². The molecular formula is C15H31NO2. The number of rotatable bonds is 9. The maximum atomic E-state index is 9.63. The van der Waals surface area contributed by atoms with E-state index in [-0.39, 0.29) is 12.0 Å². The Bertz CT molecular complexity index is 197. The van der Waals surface area contributed by atoms with Gasteiger partial charge in [-0.1, -0.05) is 32.6 Å². The van der Waals surface area contributed by atoms with E-state index in [9.17, 15) is 5.11 Å². The van der Waals surface area contributed by atoms with E-state index in [4.69, 9.17) is 5.11 Å². The number of aliphatic hydroxyl groups is 2. The lowest BCUT2D eigenvalue weighted by Crippen LogP contribution is -2.40. The summed E-state index contributed by atoms with van der Waals surface area (Å²) in [6.07, 6.45) is 9.42. The third-order valence-electron chi connectivity index (χ3n) is 4.42. The second-order valence-electron chi connectivity index (χ2n) is 6.02. The van der Waals surface area contributed by atoms with Gasteiger partial charge in [-0.05, 0) is 38.1 Å². The molecule has 0 heterocycles. The Morgan fingerprint density at radius 2 is 1.83 bits per heavy atom. The molecule has 0 amide bonds. The van der Waals surface area contributed by atoms with Gasteiger partial charge in [0.25, 0.3) is 0 Å². The molecule has 1 aliphatic rings. The van der Waals surface area contributed by atoms with Crippen LogP contribution in [0.15, 0.2) is 0 Å². The molecule has 0 bridgehead atoms. The first-order chi connectivity index (χ1) is 8.76. The van der Waals surface area contributed by atoms with Gasteiger partial charge < -0.3 is 15.5 Å². The number of hydrogen-bond acceptors (Lipinski definition) is 3. The van der Waals surface area contributed by atoms with E-state index in [1.807, 2.05) is 0 Å². The van der Waals surface area contributed by atoms with Crippen molar-refractivity contribution in [2.24, 2.45) is 11.3 Å². The zero-order valence-electron chi connectivity index (χ0n) is 12.0. The van der Waals surface area contributed by atoms with E-state index >= 15 is 0 Å². The minimum atomic E-state index is 0.133. The molecular weight excluding hydrogens is 226 g/mol. The Morgan fingerprint density at radius 1 is 1.11 bits per heavy atom. The molecule has 1 aliphatic carbocycles. The molecule has 0 aromatic heterocycles. The number of hydrogen-bond donors (Lipinski definition) is 3. The standard InChI is InChI=1S/C15H31NO2/c1-2-6-14(7-10-17)11-16-12-15(13-18)8-4-3-5-9-15/h14,16-18H,2-13H2,1H3. The van der Waals surface area contributed by atoms with Crippen molar-refractivity contribution in [3.63, 3.8) is 0 Å². The van der Waals surface area contributed by atoms with Crippen molar-refractivity contribution in [3.8, 4) is 0 Å². The molecule has 1 atom stereocenters. The molecule has 1 rings (SSSR count). The van der Waals surface area contributed by atoms with Crippen LogP contribution in [0.3, 0.4) is 0 Å². The van der Waals surface area contributed by atoms with Crippen molar-refractivity contribution in [1.82, 2.24) is 5.32 Å². The third-order valence-corrected chi connectivity index (χ3v) is 4.42. The second-order valence-corrected chi connectivity index (χ2v) is 6.02. The van der Waals surface area contributed by atoms with Crippen molar-refractivity contribution in [2.45, 2.75) is 58.3 Å². The summed E-state index contributed by atoms with van der Waals surface area (Å²) in [4.78, 5) is 0. The van der Waals surface area contributed by atoms with Gasteiger partial charge in [-0.3, -0.25) is 0 Å². The fraction of sp³-hybridized carbons (Fsp3) is 1.00. The van der Waals surface area contributed by atoms with E-state index in [2.05, 4.69) is 12.2 Å². The first kappa shape index (κ1) is 15.9. The van der Waals surface area contributed by atoms with Gasteiger partial charge in [-0.15, -0.1) is 0 Å². The first-order valence-corrected chi connectivity index (χ1v) is 7.69. The Balaban J connectivity index is 2.28. The topological polar surface area (TPSA) is 52.5 Å². The van der Waals surface area contributed by atoms with Crippen LogP contribution in [0.5, 0.6) is 0 Å². The van der Waals surface area contributed by atoms with Crippen LogP contribution in [0.4, 0.5) is 0 Å². The SMILES string of the molecule is CCCC(CCO)CNCC1(CO)CCCCC1. The fourth-order valence-electron chi connectivity index (χ4n) is 3.17. The molecule has 0 aliphatic heterocycles. The molecule has 0 aromatic carbocycles. The van der Waals surface area contributed by atoms with E-state index in [0.29, 0.717) is 12.5 Å². The van der Waals surface area contributed by atoms with Crippen LogP contribution < -0.4 is 5.32 Å². The van der Waals surface area contributed by atoms with Crippen molar-refractivity contribution < 1.29 is 10.2 Å². The average Bonchev–Trinajstić information content (AvgIpc) is 2.40. The molecule has 0 saturated heterocycles. The first-order valence-electron chi connectivity index (χ1n) is 7.69. The van der Waals surface area contributed by atoms with E-state index < -0.39 is 0 Å². The number of nitrogens with one attached hydrogen (secondary N) is 1. The van der Waals surface area contributed by atoms with Crippen LogP contribution in [0.1, 0.15) is 58.3 Å². The molecule has 0 radical (unpaired) electrons. The molecule has 18 heavy (non-hydrogen) atoms. The fourth-order valence-corrected chi connectivity index (χ4v) is 3.17. The lowest BCUT2D eigenvalue weighted by Gasteiger charge is -2.36. The van der Waals surface area contributed by atoms with Gasteiger partial charge in [0.15, 0.2) is 0 Å². The molecule has 3 N–H and O–H groups in total. The molecule has 1 saturated carbocycles. The van der Waals surface area contributed by atoms with E-state index in [0.717, 1.165) is 32.4 Å². The zero-order valence-corrected chi connectivity index (χ0v) is 12.0. The minimum absolute atomic E-state index is 0.133. The summed E-state index contributed by atoms with van der Waals surface area (Å²) in [6.45, 7) is 4.72. The van der Waals surface area contributed by atoms with E-state index in [1.54, 1.807) is 0 Å². The van der Waals surface area contributed by atoms with Crippen LogP contribution in [-0.2, 0) is 0 Å². The Kier molecular flexibility index (Phi) is 7.87. The van der Waals surface area contributed by atoms with Gasteiger partial charge in [0, 0.05) is 25.2 Å². The van der Waals surface area contributed by atoms with Gasteiger partial charge in [0.05, 0.1) is 0 Å². The molecule has 0 aromatic rings. The molecule has 1 unspecified atom stereocenters. The molecule has 1 fully saturated rings. The Hall–Kier alpha value is -0.120. The van der Waals surface area contributed by atoms with Gasteiger partial charge >= 0.3 is 0 Å². The van der Waals surface area contributed by atoms with Crippen molar-refractivity contribution in [2.75, 3.05) is 26.3 Å². The molecule has 0 spiro atoms. The van der Waals surface area contributed by atoms with Gasteiger partial charge in [-0.2, -0.15) is 0 Å². The number of aliphatic hydroxyl groups excluding tert-OH is 2. The second kappa shape index (κ2) is 8.89. The molecule has 108 valence electrons. The van der Waals surface area contributed by atoms with Crippen LogP contribution in [0, 0.1) is 11.3 Å². The summed E-state index contributed by atoms with van der Waals surface area (Å²) >= 11 is 0. The van der Waals surface area contributed by atoms with Crippen molar-refractivity contribution >= 4 is 0 Å². The summed E-state index contributed by atoms with van der Waals surface area (Å²) in [7, 11) is 0. The van der Waals surface area contributed by atoms with E-state index in [1.165, 1.54) is 32.1 Å². The normalized spacial score (nSPS) is 20.8. The Morgan fingerprint density at radius 3 is 2.39 bits per heavy atom. The minimum Gasteiger partial charge on any atom is -0.396 e. The zero-order chi connectivity index (χ0) is 13.3. The molecule has 3 nitrogen and oxygen atoms in total. The maximum absolute atomic E-state index is 9.63. The highest BCUT2D eigenvalue weighted by Crippen LogP contribution is 2.35. The largest absolute Gasteiger partial charge is 0.396 e. The lowest BCUT2D eigenvalue weighted by atomic mass is 9.74. The highest BCUT2D eigenvalue weighted by atomic mass is 16.3. The summed E-state index contributed by atoms with van der Waals surface area (Å²) in [6, 6.07) is 0. The van der Waals surface area contributed by atoms with Gasteiger partial charge in [0.2, 0.25) is 0 Å². The van der Waals surface area contributed by atoms with Gasteiger partial charge in [0.1, 0.15) is 0 Å². The Labute approximate surface area is 112 Å². The quantitative estimate of drug-likeness (QED) is 0.594. The van der Waals surface area contributed by atoms with Crippen molar-refractivity contribution in [3.05, 3.63) is 0 Å². The summed E-state index contributed by atoms with van der Waals surface area (Å²) in [5.74, 6) is 0.583. The lowest BCUT2D eigenvalue weighted by molar-refractivity contribution is 0.0797. The van der Waals surface area contributed by atoms with Crippen LogP contribution >= 0.6 is 0 Å². The summed E-state index contributed by atoms with van der Waals surface area (Å²) in [5.41, 5.74) is 0.133. The van der Waals surface area contributed by atoms with Crippen LogP contribution in [0.2, 0.25) is 0 Å². The van der Waals surface area contributed by atoms with Crippen LogP contribution in [0.25, 0.3) is 0 Å². The summed E-state index contributed by atoms with van der Waals surface area (Å²) in [5, 5.41) is 22.2. The third kappa shape index (κ3) is 5.25. The summed E-state index contributed by atoms with van der Waals surface area (Å²) < 4.78 is 0. The monoisotopic (exact) mass is 257 g/mol.